The molecule has 0 unspecified atom stereocenters. The Kier molecular flexibility index (Phi) is 6.73. The number of carbonyl (C=O) groups is 1. The van der Waals surface area contributed by atoms with E-state index in [0.29, 0.717) is 18.9 Å². The fourth-order valence-corrected chi connectivity index (χ4v) is 3.12. The van der Waals surface area contributed by atoms with Crippen LogP contribution >= 0.6 is 0 Å². The highest BCUT2D eigenvalue weighted by Gasteiger charge is 2.34. The first kappa shape index (κ1) is 21.8. The van der Waals surface area contributed by atoms with Crippen LogP contribution in [0.3, 0.4) is 0 Å². The smallest absolute Gasteiger partial charge is 0.311 e. The van der Waals surface area contributed by atoms with Gasteiger partial charge in [0.15, 0.2) is 0 Å². The lowest BCUT2D eigenvalue weighted by atomic mass is 10.1. The number of nitrogens with zero attached hydrogens (tertiary/aromatic N) is 2. The van der Waals surface area contributed by atoms with Crippen molar-refractivity contribution >= 4 is 11.6 Å². The van der Waals surface area contributed by atoms with Crippen molar-refractivity contribution in [1.29, 1.82) is 5.26 Å². The largest absolute Gasteiger partial charge is 0.417 e. The maximum atomic E-state index is 13.4. The lowest BCUT2D eigenvalue weighted by Crippen LogP contribution is -2.40. The normalized spacial score (nSPS) is 13.7. The summed E-state index contributed by atoms with van der Waals surface area (Å²) in [6.45, 7) is 0.818. The van der Waals surface area contributed by atoms with Gasteiger partial charge >= 0.3 is 6.18 Å². The third-order valence-electron chi connectivity index (χ3n) is 4.99. The molecule has 0 bridgehead atoms. The van der Waals surface area contributed by atoms with Gasteiger partial charge in [-0.3, -0.25) is 4.79 Å². The summed E-state index contributed by atoms with van der Waals surface area (Å²) in [5, 5.41) is 12.1. The minimum Gasteiger partial charge on any atom is -0.311 e. The number of carbonyl (C=O) groups excluding carboxylic acids is 1. The van der Waals surface area contributed by atoms with Gasteiger partial charge in [0.05, 0.1) is 23.7 Å². The maximum Gasteiger partial charge on any atom is 0.417 e. The molecule has 1 fully saturated rings. The molecule has 0 heterocycles. The van der Waals surface area contributed by atoms with Gasteiger partial charge in [-0.05, 0) is 67.6 Å². The summed E-state index contributed by atoms with van der Waals surface area (Å²) in [6, 6.07) is 10.5. The van der Waals surface area contributed by atoms with Gasteiger partial charge in [0.25, 0.3) is 0 Å². The number of hydrogen-bond acceptors (Lipinski definition) is 3. The monoisotopic (exact) mass is 419 g/mol. The predicted octanol–water partition coefficient (Wildman–Crippen LogP) is 4.29. The average molecular weight is 419 g/mol. The van der Waals surface area contributed by atoms with Crippen LogP contribution in [0.4, 0.5) is 23.2 Å². The van der Waals surface area contributed by atoms with Crippen molar-refractivity contribution in [3.8, 4) is 6.07 Å². The Balaban J connectivity index is 1.82. The number of halogens is 4. The Morgan fingerprint density at radius 2 is 1.87 bits per heavy atom. The van der Waals surface area contributed by atoms with E-state index in [1.165, 1.54) is 23.1 Å². The van der Waals surface area contributed by atoms with Gasteiger partial charge in [0, 0.05) is 12.2 Å². The summed E-state index contributed by atoms with van der Waals surface area (Å²) in [6.07, 6.45) is -2.15. The molecular weight excluding hydrogens is 398 g/mol. The second-order valence-electron chi connectivity index (χ2n) is 7.34. The van der Waals surface area contributed by atoms with Crippen molar-refractivity contribution in [2.75, 3.05) is 24.5 Å². The van der Waals surface area contributed by atoms with Crippen molar-refractivity contribution in [1.82, 2.24) is 5.32 Å². The molecule has 4 nitrogen and oxygen atoms in total. The number of hydrogen-bond donors (Lipinski definition) is 1. The van der Waals surface area contributed by atoms with Crippen molar-refractivity contribution < 1.29 is 22.4 Å². The second-order valence-corrected chi connectivity index (χ2v) is 7.34. The molecular formula is C22H21F4N3O. The lowest BCUT2D eigenvalue weighted by molar-refractivity contribution is -0.137. The van der Waals surface area contributed by atoms with Crippen molar-refractivity contribution in [2.45, 2.75) is 25.4 Å². The van der Waals surface area contributed by atoms with Crippen LogP contribution in [0.25, 0.3) is 0 Å². The number of amides is 1. The fraction of sp³-hybridized carbons (Fsp3) is 0.364. The average Bonchev–Trinajstić information content (AvgIpc) is 3.53. The molecule has 1 amide bonds. The van der Waals surface area contributed by atoms with E-state index in [9.17, 15) is 22.4 Å². The van der Waals surface area contributed by atoms with Crippen LogP contribution in [-0.2, 0) is 17.4 Å². The molecule has 0 aliphatic heterocycles. The molecule has 158 valence electrons. The zero-order chi connectivity index (χ0) is 21.7. The van der Waals surface area contributed by atoms with Crippen LogP contribution in [0.5, 0.6) is 0 Å². The van der Waals surface area contributed by atoms with E-state index in [1.807, 2.05) is 0 Å². The molecule has 0 saturated heterocycles. The van der Waals surface area contributed by atoms with Gasteiger partial charge in [-0.25, -0.2) is 4.39 Å². The molecule has 8 heteroatoms. The number of nitriles is 1. The number of nitrogens with one attached hydrogen (secondary N) is 1. The molecule has 3 rings (SSSR count). The van der Waals surface area contributed by atoms with Crippen molar-refractivity contribution in [3.05, 3.63) is 65.0 Å². The second kappa shape index (κ2) is 9.26. The van der Waals surface area contributed by atoms with Crippen LogP contribution in [0.1, 0.15) is 29.5 Å². The van der Waals surface area contributed by atoms with Gasteiger partial charge in [-0.2, -0.15) is 18.4 Å². The van der Waals surface area contributed by atoms with Crippen LogP contribution in [0.15, 0.2) is 42.5 Å². The molecule has 1 N–H and O–H groups in total. The molecule has 1 saturated carbocycles. The summed E-state index contributed by atoms with van der Waals surface area (Å²) in [5.41, 5.74) is -0.747. The SMILES string of the molecule is N#Cc1ccc(N(CCc2ccc(F)cc2)C(=O)CNCC2CC2)cc1C(F)(F)F. The molecule has 1 aliphatic carbocycles. The zero-order valence-corrected chi connectivity index (χ0v) is 16.2. The van der Waals surface area contributed by atoms with Crippen LogP contribution in [0.2, 0.25) is 0 Å². The Morgan fingerprint density at radius 3 is 2.47 bits per heavy atom. The standard InChI is InChI=1S/C22H21F4N3O/c23-18-6-3-15(4-7-18)9-10-29(21(30)14-28-13-16-1-2-16)19-8-5-17(12-27)20(11-19)22(24,25)26/h3-8,11,16,28H,1-2,9-10,13-14H2. The van der Waals surface area contributed by atoms with Crippen molar-refractivity contribution in [3.63, 3.8) is 0 Å². The first-order chi connectivity index (χ1) is 14.3. The number of anilines is 1. The summed E-state index contributed by atoms with van der Waals surface area (Å²) in [4.78, 5) is 14.1. The van der Waals surface area contributed by atoms with Crippen molar-refractivity contribution in [2.24, 2.45) is 5.92 Å². The molecule has 0 radical (unpaired) electrons. The molecule has 30 heavy (non-hydrogen) atoms. The van der Waals surface area contributed by atoms with Gasteiger partial charge < -0.3 is 10.2 Å². The van der Waals surface area contributed by atoms with Crippen LogP contribution in [-0.4, -0.2) is 25.5 Å². The van der Waals surface area contributed by atoms with E-state index in [2.05, 4.69) is 5.32 Å². The minimum atomic E-state index is -4.71. The Hall–Kier alpha value is -2.92. The number of alkyl halides is 3. The Bertz CT molecular complexity index is 931. The molecule has 2 aromatic rings. The van der Waals surface area contributed by atoms with Gasteiger partial charge in [0.1, 0.15) is 5.82 Å². The summed E-state index contributed by atoms with van der Waals surface area (Å²) >= 11 is 0. The lowest BCUT2D eigenvalue weighted by Gasteiger charge is -2.24. The fourth-order valence-electron chi connectivity index (χ4n) is 3.12. The van der Waals surface area contributed by atoms with Crippen LogP contribution in [0, 0.1) is 23.1 Å². The summed E-state index contributed by atoms with van der Waals surface area (Å²) < 4.78 is 53.2. The third-order valence-corrected chi connectivity index (χ3v) is 4.99. The van der Waals surface area contributed by atoms with E-state index in [4.69, 9.17) is 5.26 Å². The molecule has 2 aromatic carbocycles. The first-order valence-electron chi connectivity index (χ1n) is 9.65. The van der Waals surface area contributed by atoms with E-state index < -0.39 is 23.1 Å². The first-order valence-corrected chi connectivity index (χ1v) is 9.65. The highest BCUT2D eigenvalue weighted by molar-refractivity contribution is 5.95. The molecule has 1 aliphatic rings. The third kappa shape index (κ3) is 5.80. The Morgan fingerprint density at radius 1 is 1.17 bits per heavy atom. The van der Waals surface area contributed by atoms with Gasteiger partial charge in [-0.15, -0.1) is 0 Å². The van der Waals surface area contributed by atoms with Gasteiger partial charge in [0.2, 0.25) is 5.91 Å². The Labute approximate surface area is 172 Å². The van der Waals surface area contributed by atoms with E-state index in [1.54, 1.807) is 18.2 Å². The summed E-state index contributed by atoms with van der Waals surface area (Å²) in [5.74, 6) is -0.203. The van der Waals surface area contributed by atoms with Crippen LogP contribution < -0.4 is 10.2 Å². The molecule has 0 aromatic heterocycles. The van der Waals surface area contributed by atoms with Gasteiger partial charge in [-0.1, -0.05) is 12.1 Å². The highest BCUT2D eigenvalue weighted by Crippen LogP contribution is 2.34. The maximum absolute atomic E-state index is 13.4. The van der Waals surface area contributed by atoms with E-state index in [-0.39, 0.29) is 24.7 Å². The van der Waals surface area contributed by atoms with E-state index >= 15 is 0 Å². The minimum absolute atomic E-state index is 0.00126. The molecule has 0 spiro atoms. The number of rotatable bonds is 8. The predicted molar refractivity (Wildman–Crippen MR) is 104 cm³/mol. The quantitative estimate of drug-likeness (QED) is 0.650. The zero-order valence-electron chi connectivity index (χ0n) is 16.2. The topological polar surface area (TPSA) is 56.1 Å². The molecule has 0 atom stereocenters. The van der Waals surface area contributed by atoms with E-state index in [0.717, 1.165) is 30.5 Å². The number of benzene rings is 2. The highest BCUT2D eigenvalue weighted by atomic mass is 19.4. The summed E-state index contributed by atoms with van der Waals surface area (Å²) in [7, 11) is 0.